The molecule has 9 atom stereocenters. The molecule has 1 amide bonds. The van der Waals surface area contributed by atoms with Crippen molar-refractivity contribution in [3.05, 3.63) is 12.2 Å². The van der Waals surface area contributed by atoms with Crippen LogP contribution >= 0.6 is 0 Å². The van der Waals surface area contributed by atoms with E-state index in [-0.39, 0.29) is 6.42 Å². The van der Waals surface area contributed by atoms with E-state index in [1.165, 1.54) is 238 Å². The third-order valence-electron chi connectivity index (χ3n) is 15.8. The third kappa shape index (κ3) is 40.1. The fourth-order valence-electron chi connectivity index (χ4n) is 10.6. The van der Waals surface area contributed by atoms with Crippen molar-refractivity contribution in [1.82, 2.24) is 5.32 Å². The predicted octanol–water partition coefficient (Wildman–Crippen LogP) is 14.3. The zero-order valence-electron chi connectivity index (χ0n) is 48.4. The van der Waals surface area contributed by atoms with Gasteiger partial charge in [0.1, 0.15) is 36.6 Å². The molecule has 0 radical (unpaired) electrons. The van der Waals surface area contributed by atoms with Gasteiger partial charge in [-0.05, 0) is 38.5 Å². The molecule has 1 rings (SSSR count). The fraction of sp³-hybridized carbons (Fsp3) is 0.952. The highest BCUT2D eigenvalue weighted by Gasteiger charge is 2.44. The Bertz CT molecular complexity index is 1210. The number of carbonyl (C=O) groups excluding carboxylic acids is 1. The van der Waals surface area contributed by atoms with E-state index in [1.807, 2.05) is 0 Å². The van der Waals surface area contributed by atoms with E-state index in [2.05, 4.69) is 31.3 Å². The van der Waals surface area contributed by atoms with Crippen molar-refractivity contribution < 1.29 is 50.0 Å². The summed E-state index contributed by atoms with van der Waals surface area (Å²) in [5.74, 6) is -0.691. The molecule has 11 nitrogen and oxygen atoms in total. The van der Waals surface area contributed by atoms with Crippen LogP contribution in [0.3, 0.4) is 0 Å². The van der Waals surface area contributed by atoms with Crippen molar-refractivity contribution in [1.29, 1.82) is 0 Å². The lowest BCUT2D eigenvalue weighted by Crippen LogP contribution is -2.60. The van der Waals surface area contributed by atoms with Gasteiger partial charge in [0.15, 0.2) is 6.29 Å². The molecule has 1 aliphatic rings. The summed E-state index contributed by atoms with van der Waals surface area (Å²) in [5, 5.41) is 76.3. The van der Waals surface area contributed by atoms with Crippen molar-refractivity contribution >= 4 is 5.91 Å². The number of hydrogen-bond donors (Lipinski definition) is 8. The van der Waals surface area contributed by atoms with Gasteiger partial charge in [-0.2, -0.15) is 0 Å². The molecule has 0 aromatic heterocycles. The van der Waals surface area contributed by atoms with Crippen LogP contribution in [-0.4, -0.2) is 110 Å². The van der Waals surface area contributed by atoms with Crippen LogP contribution in [0.5, 0.6) is 0 Å². The fourth-order valence-corrected chi connectivity index (χ4v) is 10.6. The maximum absolute atomic E-state index is 13.2. The average Bonchev–Trinajstić information content (AvgIpc) is 3.40. The van der Waals surface area contributed by atoms with Crippen molar-refractivity contribution in [3.8, 4) is 0 Å². The molecule has 1 aliphatic heterocycles. The molecule has 0 aromatic rings. The quantitative estimate of drug-likeness (QED) is 0.0215. The normalized spacial score (nSPS) is 19.8. The summed E-state index contributed by atoms with van der Waals surface area (Å²) in [6.45, 7) is 3.50. The summed E-state index contributed by atoms with van der Waals surface area (Å²) in [6, 6.07) is -1.17. The van der Waals surface area contributed by atoms with E-state index < -0.39 is 74.2 Å². The molecule has 8 N–H and O–H groups in total. The second kappa shape index (κ2) is 52.5. The minimum Gasteiger partial charge on any atom is -0.394 e. The van der Waals surface area contributed by atoms with E-state index >= 15 is 0 Å². The number of aliphatic hydroxyl groups excluding tert-OH is 7. The Kier molecular flexibility index (Phi) is 50.3. The molecule has 1 heterocycles. The van der Waals surface area contributed by atoms with Gasteiger partial charge < -0.3 is 50.5 Å². The molecule has 74 heavy (non-hydrogen) atoms. The number of ether oxygens (including phenoxy) is 2. The number of nitrogens with one attached hydrogen (secondary N) is 1. The van der Waals surface area contributed by atoms with E-state index in [4.69, 9.17) is 9.47 Å². The van der Waals surface area contributed by atoms with Gasteiger partial charge in [0.2, 0.25) is 5.91 Å². The number of aliphatic hydroxyl groups is 7. The number of hydrogen-bond acceptors (Lipinski definition) is 10. The van der Waals surface area contributed by atoms with Gasteiger partial charge in [0, 0.05) is 0 Å². The zero-order chi connectivity index (χ0) is 54.0. The molecular formula is C63H123NO10. The second-order valence-corrected chi connectivity index (χ2v) is 22.8. The third-order valence-corrected chi connectivity index (χ3v) is 15.8. The number of allylic oxidation sites excluding steroid dienone is 2. The van der Waals surface area contributed by atoms with Crippen LogP contribution in [0.4, 0.5) is 0 Å². The minimum absolute atomic E-state index is 0.264. The Balaban J connectivity index is 2.21. The van der Waals surface area contributed by atoms with E-state index in [0.29, 0.717) is 19.3 Å². The molecule has 0 aliphatic carbocycles. The Morgan fingerprint density at radius 3 is 1.14 bits per heavy atom. The topological polar surface area (TPSA) is 189 Å². The molecule has 1 saturated heterocycles. The molecule has 0 saturated carbocycles. The number of unbranched alkanes of at least 4 members (excludes halogenated alkanes) is 42. The van der Waals surface area contributed by atoms with Crippen LogP contribution in [0.25, 0.3) is 0 Å². The predicted molar refractivity (Wildman–Crippen MR) is 307 cm³/mol. The summed E-state index contributed by atoms with van der Waals surface area (Å²) in [5.41, 5.74) is 0. The first-order chi connectivity index (χ1) is 36.2. The van der Waals surface area contributed by atoms with Crippen LogP contribution in [0.1, 0.15) is 316 Å². The second-order valence-electron chi connectivity index (χ2n) is 22.8. The zero-order valence-corrected chi connectivity index (χ0v) is 48.4. The van der Waals surface area contributed by atoms with E-state index in [9.17, 15) is 40.5 Å². The monoisotopic (exact) mass is 1050 g/mol. The molecule has 9 unspecified atom stereocenters. The standard InChI is InChI=1S/C63H123NO10/c1-3-5-7-9-11-13-15-17-19-21-22-23-24-25-26-27-28-29-30-31-32-33-35-37-39-41-43-45-47-49-51-56(67)62(72)64-54(53-73-63-61(71)60(70)59(69)57(52-65)74-63)58(68)55(66)50-48-46-44-42-40-38-36-34-20-18-16-14-12-10-8-6-4-2/h25-26,54-61,63,65-71H,3-24,27-53H2,1-2H3,(H,64,72)/b26-25-. The maximum atomic E-state index is 13.2. The first kappa shape index (κ1) is 70.9. The summed E-state index contributed by atoms with van der Waals surface area (Å²) in [4.78, 5) is 13.2. The van der Waals surface area contributed by atoms with Gasteiger partial charge in [-0.3, -0.25) is 4.79 Å². The Labute approximate surface area is 455 Å². The van der Waals surface area contributed by atoms with Gasteiger partial charge >= 0.3 is 0 Å². The van der Waals surface area contributed by atoms with Gasteiger partial charge in [0.25, 0.3) is 0 Å². The van der Waals surface area contributed by atoms with Crippen LogP contribution in [0.2, 0.25) is 0 Å². The van der Waals surface area contributed by atoms with Crippen LogP contribution < -0.4 is 5.32 Å². The largest absolute Gasteiger partial charge is 0.394 e. The van der Waals surface area contributed by atoms with Gasteiger partial charge in [-0.15, -0.1) is 0 Å². The Morgan fingerprint density at radius 2 is 0.784 bits per heavy atom. The SMILES string of the molecule is CCCCCCCCCCCCCC/C=C\CCCCCCCCCCCCCCCCC(O)C(=O)NC(COC1OC(CO)C(O)C(O)C1O)C(O)C(O)CCCCCCCCCCCCCCCCCCC. The highest BCUT2D eigenvalue weighted by atomic mass is 16.7. The van der Waals surface area contributed by atoms with Crippen molar-refractivity contribution in [2.45, 2.75) is 371 Å². The molecular weight excluding hydrogens is 931 g/mol. The summed E-state index contributed by atoms with van der Waals surface area (Å²) >= 11 is 0. The van der Waals surface area contributed by atoms with Gasteiger partial charge in [-0.1, -0.05) is 289 Å². The van der Waals surface area contributed by atoms with Crippen molar-refractivity contribution in [2.24, 2.45) is 0 Å². The molecule has 0 bridgehead atoms. The lowest BCUT2D eigenvalue weighted by molar-refractivity contribution is -0.303. The molecule has 0 aromatic carbocycles. The van der Waals surface area contributed by atoms with Crippen molar-refractivity contribution in [3.63, 3.8) is 0 Å². The lowest BCUT2D eigenvalue weighted by atomic mass is 9.98. The highest BCUT2D eigenvalue weighted by molar-refractivity contribution is 5.80. The molecule has 440 valence electrons. The smallest absolute Gasteiger partial charge is 0.249 e. The summed E-state index contributed by atoms with van der Waals surface area (Å²) in [7, 11) is 0. The summed E-state index contributed by atoms with van der Waals surface area (Å²) < 4.78 is 11.2. The molecule has 0 spiro atoms. The Hall–Kier alpha value is -1.15. The first-order valence-electron chi connectivity index (χ1n) is 32.1. The van der Waals surface area contributed by atoms with E-state index in [0.717, 1.165) is 38.5 Å². The first-order valence-corrected chi connectivity index (χ1v) is 32.1. The minimum atomic E-state index is -1.66. The number of amides is 1. The van der Waals surface area contributed by atoms with Crippen LogP contribution in [0, 0.1) is 0 Å². The van der Waals surface area contributed by atoms with Gasteiger partial charge in [0.05, 0.1) is 25.4 Å². The lowest BCUT2D eigenvalue weighted by Gasteiger charge is -2.40. The molecule has 11 heteroatoms. The van der Waals surface area contributed by atoms with Gasteiger partial charge in [-0.25, -0.2) is 0 Å². The Morgan fingerprint density at radius 1 is 0.459 bits per heavy atom. The van der Waals surface area contributed by atoms with Crippen molar-refractivity contribution in [2.75, 3.05) is 13.2 Å². The summed E-state index contributed by atoms with van der Waals surface area (Å²) in [6.07, 6.45) is 51.4. The van der Waals surface area contributed by atoms with E-state index in [1.54, 1.807) is 0 Å². The number of rotatable bonds is 56. The highest BCUT2D eigenvalue weighted by Crippen LogP contribution is 2.24. The number of carbonyl (C=O) groups is 1. The average molecular weight is 1050 g/mol. The van der Waals surface area contributed by atoms with Crippen LogP contribution in [-0.2, 0) is 14.3 Å². The maximum Gasteiger partial charge on any atom is 0.249 e. The molecule has 1 fully saturated rings. The van der Waals surface area contributed by atoms with Crippen LogP contribution in [0.15, 0.2) is 12.2 Å².